The van der Waals surface area contributed by atoms with Crippen molar-refractivity contribution in [1.82, 2.24) is 20.2 Å². The van der Waals surface area contributed by atoms with Crippen LogP contribution in [0.15, 0.2) is 30.7 Å². The zero-order valence-electron chi connectivity index (χ0n) is 13.0. The molecule has 7 heteroatoms. The van der Waals surface area contributed by atoms with Crippen molar-refractivity contribution in [3.8, 4) is 0 Å². The highest BCUT2D eigenvalue weighted by molar-refractivity contribution is 6.33. The molecule has 0 saturated heterocycles. The molecule has 0 spiro atoms. The van der Waals surface area contributed by atoms with Crippen LogP contribution >= 0.6 is 23.2 Å². The summed E-state index contributed by atoms with van der Waals surface area (Å²) in [6.45, 7) is 0.668. The average molecular weight is 362 g/mol. The second kappa shape index (κ2) is 6.57. The molecule has 1 fully saturated rings. The van der Waals surface area contributed by atoms with Crippen LogP contribution < -0.4 is 4.90 Å². The second-order valence-electron chi connectivity index (χ2n) is 6.13. The standard InChI is InChI=1S/C17H17Cl2N5/c18-12-5-6-15(19)11(7-12)9-24(13-3-1-2-4-13)17-14-8-22-23-16(14)20-10-21-17/h5-8,10,13H,1-4,9H2,(H,20,21,22,23). The molecular weight excluding hydrogens is 345 g/mol. The Kier molecular flexibility index (Phi) is 4.29. The summed E-state index contributed by atoms with van der Waals surface area (Å²) in [6.07, 6.45) is 8.15. The zero-order chi connectivity index (χ0) is 16.5. The van der Waals surface area contributed by atoms with Crippen molar-refractivity contribution in [2.45, 2.75) is 38.3 Å². The minimum Gasteiger partial charge on any atom is -0.349 e. The van der Waals surface area contributed by atoms with E-state index in [2.05, 4.69) is 25.1 Å². The summed E-state index contributed by atoms with van der Waals surface area (Å²) < 4.78 is 0. The van der Waals surface area contributed by atoms with Crippen molar-refractivity contribution in [3.05, 3.63) is 46.3 Å². The lowest BCUT2D eigenvalue weighted by molar-refractivity contribution is 0.599. The van der Waals surface area contributed by atoms with Gasteiger partial charge in [0, 0.05) is 22.6 Å². The first-order chi connectivity index (χ1) is 11.7. The number of aromatic nitrogens is 4. The first kappa shape index (κ1) is 15.7. The molecule has 0 bridgehead atoms. The van der Waals surface area contributed by atoms with E-state index in [9.17, 15) is 0 Å². The van der Waals surface area contributed by atoms with Crippen LogP contribution in [0, 0.1) is 0 Å². The molecule has 1 aliphatic rings. The van der Waals surface area contributed by atoms with E-state index in [0.29, 0.717) is 17.6 Å². The van der Waals surface area contributed by atoms with Gasteiger partial charge in [0.05, 0.1) is 11.6 Å². The molecule has 0 radical (unpaired) electrons. The van der Waals surface area contributed by atoms with Crippen molar-refractivity contribution < 1.29 is 0 Å². The number of H-pyrrole nitrogens is 1. The fourth-order valence-electron chi connectivity index (χ4n) is 3.42. The summed E-state index contributed by atoms with van der Waals surface area (Å²) in [5.74, 6) is 0.900. The van der Waals surface area contributed by atoms with Crippen LogP contribution in [-0.4, -0.2) is 26.2 Å². The van der Waals surface area contributed by atoms with Gasteiger partial charge in [-0.3, -0.25) is 5.10 Å². The van der Waals surface area contributed by atoms with Crippen LogP contribution in [0.3, 0.4) is 0 Å². The lowest BCUT2D eigenvalue weighted by Crippen LogP contribution is -2.33. The quantitative estimate of drug-likeness (QED) is 0.736. The molecular formula is C17H17Cl2N5. The van der Waals surface area contributed by atoms with Gasteiger partial charge in [-0.15, -0.1) is 0 Å². The van der Waals surface area contributed by atoms with Crippen LogP contribution in [0.4, 0.5) is 5.82 Å². The lowest BCUT2D eigenvalue weighted by atomic mass is 10.1. The monoisotopic (exact) mass is 361 g/mol. The third kappa shape index (κ3) is 2.94. The van der Waals surface area contributed by atoms with Crippen LogP contribution in [0.5, 0.6) is 0 Å². The molecule has 0 unspecified atom stereocenters. The van der Waals surface area contributed by atoms with Gasteiger partial charge in [-0.05, 0) is 36.6 Å². The molecule has 1 aliphatic carbocycles. The Bertz CT molecular complexity index is 857. The van der Waals surface area contributed by atoms with E-state index in [0.717, 1.165) is 40.3 Å². The number of nitrogens with zero attached hydrogens (tertiary/aromatic N) is 4. The molecule has 0 amide bonds. The van der Waals surface area contributed by atoms with Crippen molar-refractivity contribution >= 4 is 40.1 Å². The molecule has 2 heterocycles. The van der Waals surface area contributed by atoms with E-state index in [1.807, 2.05) is 18.2 Å². The van der Waals surface area contributed by atoms with Crippen molar-refractivity contribution in [2.75, 3.05) is 4.90 Å². The molecule has 2 aromatic heterocycles. The molecule has 3 aromatic rings. The Morgan fingerprint density at radius 2 is 2.00 bits per heavy atom. The van der Waals surface area contributed by atoms with Crippen molar-refractivity contribution in [1.29, 1.82) is 0 Å². The molecule has 24 heavy (non-hydrogen) atoms. The topological polar surface area (TPSA) is 57.7 Å². The fourth-order valence-corrected chi connectivity index (χ4v) is 3.79. The summed E-state index contributed by atoms with van der Waals surface area (Å²) in [5, 5.41) is 9.37. The fraction of sp³-hybridized carbons (Fsp3) is 0.353. The summed E-state index contributed by atoms with van der Waals surface area (Å²) >= 11 is 12.6. The predicted molar refractivity (Wildman–Crippen MR) is 96.6 cm³/mol. The molecule has 4 rings (SSSR count). The van der Waals surface area contributed by atoms with Crippen LogP contribution in [0.25, 0.3) is 11.0 Å². The maximum Gasteiger partial charge on any atom is 0.160 e. The maximum absolute atomic E-state index is 6.39. The third-order valence-corrected chi connectivity index (χ3v) is 5.22. The number of benzene rings is 1. The van der Waals surface area contributed by atoms with Gasteiger partial charge in [0.2, 0.25) is 0 Å². The van der Waals surface area contributed by atoms with Gasteiger partial charge < -0.3 is 4.90 Å². The Hall–Kier alpha value is -1.85. The van der Waals surface area contributed by atoms with Gasteiger partial charge in [-0.25, -0.2) is 9.97 Å². The van der Waals surface area contributed by atoms with Crippen molar-refractivity contribution in [3.63, 3.8) is 0 Å². The summed E-state index contributed by atoms with van der Waals surface area (Å²) in [4.78, 5) is 11.1. The number of aromatic amines is 1. The molecule has 1 N–H and O–H groups in total. The van der Waals surface area contributed by atoms with E-state index in [-0.39, 0.29) is 0 Å². The number of fused-ring (bicyclic) bond motifs is 1. The third-order valence-electron chi connectivity index (χ3n) is 4.61. The van der Waals surface area contributed by atoms with E-state index >= 15 is 0 Å². The first-order valence-corrected chi connectivity index (χ1v) is 8.82. The number of halogens is 2. The Morgan fingerprint density at radius 1 is 1.17 bits per heavy atom. The van der Waals surface area contributed by atoms with Crippen LogP contribution in [0.2, 0.25) is 10.0 Å². The minimum atomic E-state index is 0.438. The number of rotatable bonds is 4. The van der Waals surface area contributed by atoms with Crippen molar-refractivity contribution in [2.24, 2.45) is 0 Å². The van der Waals surface area contributed by atoms with Gasteiger partial charge >= 0.3 is 0 Å². The normalized spacial score (nSPS) is 15.2. The summed E-state index contributed by atoms with van der Waals surface area (Å²) in [5.41, 5.74) is 1.76. The molecule has 1 saturated carbocycles. The van der Waals surface area contributed by atoms with E-state index in [1.165, 1.54) is 12.8 Å². The highest BCUT2D eigenvalue weighted by Gasteiger charge is 2.26. The van der Waals surface area contributed by atoms with Crippen LogP contribution in [0.1, 0.15) is 31.2 Å². The number of hydrogen-bond acceptors (Lipinski definition) is 4. The first-order valence-electron chi connectivity index (χ1n) is 8.07. The highest BCUT2D eigenvalue weighted by atomic mass is 35.5. The summed E-state index contributed by atoms with van der Waals surface area (Å²) in [6, 6.07) is 6.03. The molecule has 5 nitrogen and oxygen atoms in total. The Labute approximate surface area is 150 Å². The Balaban J connectivity index is 1.77. The highest BCUT2D eigenvalue weighted by Crippen LogP contribution is 2.33. The van der Waals surface area contributed by atoms with Gasteiger partial charge in [-0.2, -0.15) is 5.10 Å². The average Bonchev–Trinajstić information content (AvgIpc) is 3.26. The second-order valence-corrected chi connectivity index (χ2v) is 6.98. The largest absolute Gasteiger partial charge is 0.349 e. The molecule has 124 valence electrons. The zero-order valence-corrected chi connectivity index (χ0v) is 14.6. The maximum atomic E-state index is 6.39. The van der Waals surface area contributed by atoms with E-state index in [1.54, 1.807) is 12.5 Å². The number of anilines is 1. The van der Waals surface area contributed by atoms with Gasteiger partial charge in [-0.1, -0.05) is 36.0 Å². The van der Waals surface area contributed by atoms with Gasteiger partial charge in [0.15, 0.2) is 5.65 Å². The van der Waals surface area contributed by atoms with Crippen LogP contribution in [-0.2, 0) is 6.54 Å². The SMILES string of the molecule is Clc1ccc(Cl)c(CN(c2ncnc3[nH]ncc23)C2CCCC2)c1. The number of hydrogen-bond donors (Lipinski definition) is 1. The van der Waals surface area contributed by atoms with Gasteiger partial charge in [0.1, 0.15) is 12.1 Å². The molecule has 0 aliphatic heterocycles. The van der Waals surface area contributed by atoms with Gasteiger partial charge in [0.25, 0.3) is 0 Å². The lowest BCUT2D eigenvalue weighted by Gasteiger charge is -2.30. The van der Waals surface area contributed by atoms with E-state index in [4.69, 9.17) is 23.2 Å². The molecule has 0 atom stereocenters. The number of nitrogens with one attached hydrogen (secondary N) is 1. The smallest absolute Gasteiger partial charge is 0.160 e. The predicted octanol–water partition coefficient (Wildman–Crippen LogP) is 4.61. The Morgan fingerprint density at radius 3 is 2.83 bits per heavy atom. The summed E-state index contributed by atoms with van der Waals surface area (Å²) in [7, 11) is 0. The molecule has 1 aromatic carbocycles. The van der Waals surface area contributed by atoms with E-state index < -0.39 is 0 Å². The minimum absolute atomic E-state index is 0.438.